The van der Waals surface area contributed by atoms with Gasteiger partial charge in [-0.05, 0) is 61.7 Å². The molecule has 30 heavy (non-hydrogen) atoms. The zero-order chi connectivity index (χ0) is 21.3. The lowest BCUT2D eigenvalue weighted by atomic mass is 9.99. The topological polar surface area (TPSA) is 68.2 Å². The maximum absolute atomic E-state index is 13.0. The maximum Gasteiger partial charge on any atom is 0.231 e. The predicted molar refractivity (Wildman–Crippen MR) is 114 cm³/mol. The minimum Gasteiger partial charge on any atom is -0.507 e. The van der Waals surface area contributed by atoms with Crippen molar-refractivity contribution in [3.8, 4) is 23.0 Å². The molecule has 6 nitrogen and oxygen atoms in total. The molecule has 1 saturated heterocycles. The molecular weight excluding hydrogens is 382 g/mol. The lowest BCUT2D eigenvalue weighted by Gasteiger charge is -2.31. The maximum atomic E-state index is 13.0. The van der Waals surface area contributed by atoms with Crippen molar-refractivity contribution in [2.45, 2.75) is 26.3 Å². The molecular formula is C24H27NO5. The van der Waals surface area contributed by atoms with Crippen LogP contribution in [0.1, 0.15) is 41.3 Å². The van der Waals surface area contributed by atoms with Crippen molar-refractivity contribution in [2.24, 2.45) is 5.92 Å². The zero-order valence-corrected chi connectivity index (χ0v) is 17.6. The van der Waals surface area contributed by atoms with Crippen LogP contribution in [0.25, 0.3) is 6.08 Å². The Bertz CT molecular complexity index is 997. The highest BCUT2D eigenvalue weighted by atomic mass is 16.5. The summed E-state index contributed by atoms with van der Waals surface area (Å²) in [6, 6.07) is 8.57. The van der Waals surface area contributed by atoms with E-state index in [1.54, 1.807) is 50.6 Å². The number of methoxy groups -OCH3 is 2. The Morgan fingerprint density at radius 1 is 1.23 bits per heavy atom. The molecule has 1 atom stereocenters. The van der Waals surface area contributed by atoms with Crippen molar-refractivity contribution in [1.82, 2.24) is 4.90 Å². The van der Waals surface area contributed by atoms with Crippen LogP contribution in [0.15, 0.2) is 36.1 Å². The van der Waals surface area contributed by atoms with Crippen molar-refractivity contribution in [3.63, 3.8) is 0 Å². The van der Waals surface area contributed by atoms with Crippen molar-refractivity contribution < 1.29 is 24.1 Å². The average Bonchev–Trinajstić information content (AvgIpc) is 3.06. The normalized spacial score (nSPS) is 20.2. The number of rotatable bonds is 5. The highest BCUT2D eigenvalue weighted by Gasteiger charge is 2.32. The molecule has 2 aromatic rings. The quantitative estimate of drug-likeness (QED) is 0.745. The van der Waals surface area contributed by atoms with Crippen LogP contribution >= 0.6 is 0 Å². The number of phenols is 1. The number of benzene rings is 2. The molecule has 0 unspecified atom stereocenters. The van der Waals surface area contributed by atoms with Gasteiger partial charge < -0.3 is 19.3 Å². The van der Waals surface area contributed by atoms with E-state index in [0.717, 1.165) is 19.5 Å². The number of carbonyl (C=O) groups is 1. The van der Waals surface area contributed by atoms with Crippen molar-refractivity contribution in [2.75, 3.05) is 27.3 Å². The number of aromatic hydroxyl groups is 1. The molecule has 0 spiro atoms. The van der Waals surface area contributed by atoms with E-state index in [1.165, 1.54) is 6.42 Å². The number of hydrogen-bond donors (Lipinski definition) is 1. The largest absolute Gasteiger partial charge is 0.507 e. The molecule has 2 heterocycles. The fraction of sp³-hybridized carbons (Fsp3) is 0.375. The van der Waals surface area contributed by atoms with Gasteiger partial charge in [0.25, 0.3) is 0 Å². The van der Waals surface area contributed by atoms with Crippen LogP contribution in [0.5, 0.6) is 23.0 Å². The molecule has 0 radical (unpaired) electrons. The Kier molecular flexibility index (Phi) is 5.68. The molecule has 2 aliphatic rings. The second-order valence-corrected chi connectivity index (χ2v) is 7.97. The van der Waals surface area contributed by atoms with Gasteiger partial charge in [0, 0.05) is 18.7 Å². The fourth-order valence-electron chi connectivity index (χ4n) is 4.20. The third kappa shape index (κ3) is 3.87. The zero-order valence-electron chi connectivity index (χ0n) is 17.6. The van der Waals surface area contributed by atoms with E-state index in [4.69, 9.17) is 14.2 Å². The van der Waals surface area contributed by atoms with Gasteiger partial charge in [-0.1, -0.05) is 6.92 Å². The summed E-state index contributed by atoms with van der Waals surface area (Å²) in [7, 11) is 3.16. The number of piperidine rings is 1. The number of hydrogen-bond acceptors (Lipinski definition) is 6. The van der Waals surface area contributed by atoms with Crippen LogP contribution < -0.4 is 14.2 Å². The molecule has 1 fully saturated rings. The first kappa shape index (κ1) is 20.3. The summed E-state index contributed by atoms with van der Waals surface area (Å²) < 4.78 is 16.7. The minimum absolute atomic E-state index is 0.153. The fourth-order valence-corrected chi connectivity index (χ4v) is 4.20. The lowest BCUT2D eigenvalue weighted by Crippen LogP contribution is -2.33. The van der Waals surface area contributed by atoms with Crippen LogP contribution in [-0.4, -0.2) is 43.1 Å². The first-order valence-corrected chi connectivity index (χ1v) is 10.2. The number of carbonyl (C=O) groups excluding carboxylic acids is 1. The van der Waals surface area contributed by atoms with Gasteiger partial charge in [0.05, 0.1) is 25.3 Å². The van der Waals surface area contributed by atoms with Crippen molar-refractivity contribution in [1.29, 1.82) is 0 Å². The van der Waals surface area contributed by atoms with Crippen LogP contribution in [0.4, 0.5) is 0 Å². The van der Waals surface area contributed by atoms with Gasteiger partial charge in [-0.2, -0.15) is 0 Å². The Balaban J connectivity index is 1.67. The van der Waals surface area contributed by atoms with E-state index < -0.39 is 0 Å². The number of allylic oxidation sites excluding steroid dienone is 1. The molecule has 0 amide bonds. The molecule has 1 N–H and O–H groups in total. The summed E-state index contributed by atoms with van der Waals surface area (Å²) in [6.07, 6.45) is 4.02. The summed E-state index contributed by atoms with van der Waals surface area (Å²) in [5.41, 5.74) is 1.82. The smallest absolute Gasteiger partial charge is 0.231 e. The molecule has 0 bridgehead atoms. The molecule has 0 aliphatic carbocycles. The Hall–Kier alpha value is -2.99. The number of phenolic OH excluding ortho intramolecular Hbond substituents is 1. The SMILES string of the molecule is COc1ccc(OC)c(/C=C2/Oc3c(ccc(O)c3CN3CCC[C@@H](C)C3)C2=O)c1. The standard InChI is InChI=1S/C24H27NO5/c1-15-5-4-10-25(13-15)14-19-20(26)8-7-18-23(27)22(30-24(18)19)12-16-11-17(28-2)6-9-21(16)29-3/h6-9,11-12,15,26H,4-5,10,13-14H2,1-3H3/b22-12+/t15-/m1/s1. The van der Waals surface area contributed by atoms with Crippen LogP contribution in [0, 0.1) is 5.92 Å². The second-order valence-electron chi connectivity index (χ2n) is 7.97. The number of ether oxygens (including phenoxy) is 3. The number of ketones is 1. The van der Waals surface area contributed by atoms with E-state index in [0.29, 0.717) is 46.4 Å². The third-order valence-corrected chi connectivity index (χ3v) is 5.76. The first-order chi connectivity index (χ1) is 14.5. The third-order valence-electron chi connectivity index (χ3n) is 5.76. The van der Waals surface area contributed by atoms with Crippen LogP contribution in [-0.2, 0) is 6.54 Å². The lowest BCUT2D eigenvalue weighted by molar-refractivity contribution is 0.101. The number of nitrogens with zero attached hydrogens (tertiary/aromatic N) is 1. The second kappa shape index (κ2) is 8.40. The highest BCUT2D eigenvalue weighted by Crippen LogP contribution is 2.41. The molecule has 2 aromatic carbocycles. The first-order valence-electron chi connectivity index (χ1n) is 10.2. The predicted octanol–water partition coefficient (Wildman–Crippen LogP) is 4.26. The van der Waals surface area contributed by atoms with E-state index in [2.05, 4.69) is 11.8 Å². The summed E-state index contributed by atoms with van der Waals surface area (Å²) in [5, 5.41) is 10.5. The van der Waals surface area contributed by atoms with Crippen LogP contribution in [0.2, 0.25) is 0 Å². The summed E-state index contributed by atoms with van der Waals surface area (Å²) in [6.45, 7) is 4.75. The van der Waals surface area contributed by atoms with Crippen molar-refractivity contribution >= 4 is 11.9 Å². The summed E-state index contributed by atoms with van der Waals surface area (Å²) in [5.74, 6) is 2.49. The molecule has 0 saturated carbocycles. The van der Waals surface area contributed by atoms with Gasteiger partial charge in [0.15, 0.2) is 5.76 Å². The molecule has 6 heteroatoms. The van der Waals surface area contributed by atoms with Gasteiger partial charge >= 0.3 is 0 Å². The van der Waals surface area contributed by atoms with Gasteiger partial charge in [-0.25, -0.2) is 0 Å². The van der Waals surface area contributed by atoms with E-state index >= 15 is 0 Å². The Morgan fingerprint density at radius 3 is 2.80 bits per heavy atom. The molecule has 0 aromatic heterocycles. The number of Topliss-reactive ketones (excluding diaryl/α,β-unsaturated/α-hetero) is 1. The number of fused-ring (bicyclic) bond motifs is 1. The van der Waals surface area contributed by atoms with E-state index in [1.807, 2.05) is 0 Å². The monoisotopic (exact) mass is 409 g/mol. The highest BCUT2D eigenvalue weighted by molar-refractivity contribution is 6.15. The Morgan fingerprint density at radius 2 is 2.07 bits per heavy atom. The van der Waals surface area contributed by atoms with Gasteiger partial charge in [0.1, 0.15) is 23.0 Å². The van der Waals surface area contributed by atoms with Gasteiger partial charge in [-0.15, -0.1) is 0 Å². The molecule has 158 valence electrons. The average molecular weight is 409 g/mol. The van der Waals surface area contributed by atoms with E-state index in [9.17, 15) is 9.90 Å². The Labute approximate surface area is 176 Å². The van der Waals surface area contributed by atoms with E-state index in [-0.39, 0.29) is 17.3 Å². The van der Waals surface area contributed by atoms with Gasteiger partial charge in [-0.3, -0.25) is 9.69 Å². The van der Waals surface area contributed by atoms with Crippen LogP contribution in [0.3, 0.4) is 0 Å². The van der Waals surface area contributed by atoms with Gasteiger partial charge in [0.2, 0.25) is 5.78 Å². The molecule has 2 aliphatic heterocycles. The summed E-state index contributed by atoms with van der Waals surface area (Å²) >= 11 is 0. The summed E-state index contributed by atoms with van der Waals surface area (Å²) in [4.78, 5) is 15.3. The number of likely N-dealkylation sites (tertiary alicyclic amines) is 1. The minimum atomic E-state index is -0.205. The molecule has 4 rings (SSSR count). The van der Waals surface area contributed by atoms with Crippen molar-refractivity contribution in [3.05, 3.63) is 52.8 Å².